The van der Waals surface area contributed by atoms with Gasteiger partial charge in [-0.2, -0.15) is 0 Å². The zero-order chi connectivity index (χ0) is 18.1. The van der Waals surface area contributed by atoms with Gasteiger partial charge in [0.25, 0.3) is 5.91 Å². The average molecular weight is 364 g/mol. The molecule has 3 aromatic rings. The van der Waals surface area contributed by atoms with Crippen LogP contribution in [0.1, 0.15) is 48.0 Å². The van der Waals surface area contributed by atoms with Crippen molar-refractivity contribution in [1.29, 1.82) is 0 Å². The molecular weight excluding hydrogens is 338 g/mol. The van der Waals surface area contributed by atoms with Crippen LogP contribution in [-0.2, 0) is 0 Å². The zero-order valence-electron chi connectivity index (χ0n) is 15.5. The first kappa shape index (κ1) is 17.3. The van der Waals surface area contributed by atoms with Crippen LogP contribution in [0.5, 0.6) is 0 Å². The van der Waals surface area contributed by atoms with Crippen LogP contribution < -0.4 is 0 Å². The van der Waals surface area contributed by atoms with Gasteiger partial charge in [0.05, 0.1) is 0 Å². The van der Waals surface area contributed by atoms with Crippen LogP contribution in [0.2, 0.25) is 0 Å². The van der Waals surface area contributed by atoms with Crippen molar-refractivity contribution in [3.63, 3.8) is 0 Å². The second-order valence-electron chi connectivity index (χ2n) is 7.43. The van der Waals surface area contributed by atoms with Gasteiger partial charge in [0, 0.05) is 28.7 Å². The molecule has 2 nitrogen and oxygen atoms in total. The lowest BCUT2D eigenvalue weighted by Crippen LogP contribution is -2.38. The van der Waals surface area contributed by atoms with Gasteiger partial charge in [-0.05, 0) is 54.5 Å². The van der Waals surface area contributed by atoms with E-state index in [4.69, 9.17) is 0 Å². The maximum absolute atomic E-state index is 13.2. The Hall–Kier alpha value is -2.13. The molecule has 0 bridgehead atoms. The largest absolute Gasteiger partial charge is 0.339 e. The van der Waals surface area contributed by atoms with E-state index in [9.17, 15) is 4.79 Å². The lowest BCUT2D eigenvalue weighted by molar-refractivity contribution is 0.0696. The van der Waals surface area contributed by atoms with Gasteiger partial charge >= 0.3 is 0 Å². The van der Waals surface area contributed by atoms with E-state index in [1.807, 2.05) is 11.9 Å². The Kier molecular flexibility index (Phi) is 4.82. The second-order valence-corrected chi connectivity index (χ2v) is 8.38. The molecule has 1 fully saturated rings. The van der Waals surface area contributed by atoms with Gasteiger partial charge in [0.2, 0.25) is 0 Å². The van der Waals surface area contributed by atoms with Crippen molar-refractivity contribution in [2.24, 2.45) is 0 Å². The van der Waals surface area contributed by atoms with Crippen LogP contribution in [0.25, 0.3) is 21.2 Å². The minimum absolute atomic E-state index is 0.153. The number of rotatable bonds is 3. The van der Waals surface area contributed by atoms with Crippen molar-refractivity contribution >= 4 is 27.3 Å². The summed E-state index contributed by atoms with van der Waals surface area (Å²) in [6, 6.07) is 15.3. The van der Waals surface area contributed by atoms with Gasteiger partial charge < -0.3 is 4.90 Å². The summed E-state index contributed by atoms with van der Waals surface area (Å²) in [6.07, 6.45) is 6.04. The predicted molar refractivity (Wildman–Crippen MR) is 111 cm³/mol. The maximum Gasteiger partial charge on any atom is 0.253 e. The summed E-state index contributed by atoms with van der Waals surface area (Å²) in [6.45, 7) is 2.10. The number of hydrogen-bond acceptors (Lipinski definition) is 2. The predicted octanol–water partition coefficient (Wildman–Crippen LogP) is 6.28. The number of benzene rings is 2. The van der Waals surface area contributed by atoms with E-state index in [2.05, 4.69) is 54.8 Å². The van der Waals surface area contributed by atoms with Gasteiger partial charge in [0.1, 0.15) is 0 Å². The fourth-order valence-electron chi connectivity index (χ4n) is 4.00. The molecule has 2 aromatic carbocycles. The van der Waals surface area contributed by atoms with Crippen molar-refractivity contribution < 1.29 is 4.79 Å². The Labute approximate surface area is 159 Å². The summed E-state index contributed by atoms with van der Waals surface area (Å²) in [4.78, 5) is 15.2. The molecule has 1 aromatic heterocycles. The molecule has 0 saturated heterocycles. The topological polar surface area (TPSA) is 20.3 Å². The summed E-state index contributed by atoms with van der Waals surface area (Å²) in [5.41, 5.74) is 4.39. The molecule has 1 heterocycles. The fraction of sp³-hybridized carbons (Fsp3) is 0.348. The van der Waals surface area contributed by atoms with E-state index in [1.165, 1.54) is 40.5 Å². The maximum atomic E-state index is 13.2. The summed E-state index contributed by atoms with van der Waals surface area (Å²) >= 11 is 1.71. The quantitative estimate of drug-likeness (QED) is 0.536. The number of hydrogen-bond donors (Lipinski definition) is 0. The molecule has 0 aliphatic heterocycles. The van der Waals surface area contributed by atoms with Crippen LogP contribution in [0.15, 0.2) is 47.8 Å². The highest BCUT2D eigenvalue weighted by atomic mass is 32.1. The highest BCUT2D eigenvalue weighted by Gasteiger charge is 2.24. The van der Waals surface area contributed by atoms with E-state index >= 15 is 0 Å². The lowest BCUT2D eigenvalue weighted by Gasteiger charge is -2.31. The lowest BCUT2D eigenvalue weighted by atomic mass is 9.93. The standard InChI is InChI=1S/C23H25NOS/c1-16-8-10-17(11-9-16)21-14-18(15-22-20(21)12-13-26-22)23(25)24(2)19-6-4-3-5-7-19/h8-15,19H,3-7H2,1-2H3. The van der Waals surface area contributed by atoms with Gasteiger partial charge in [0.15, 0.2) is 0 Å². The molecule has 134 valence electrons. The van der Waals surface area contributed by atoms with E-state index < -0.39 is 0 Å². The Morgan fingerprint density at radius 1 is 1.04 bits per heavy atom. The molecular formula is C23H25NOS. The Balaban J connectivity index is 1.73. The number of carbonyl (C=O) groups excluding carboxylic acids is 1. The van der Waals surface area contributed by atoms with Crippen molar-refractivity contribution in [2.75, 3.05) is 7.05 Å². The van der Waals surface area contributed by atoms with Crippen molar-refractivity contribution in [1.82, 2.24) is 4.90 Å². The molecule has 4 rings (SSSR count). The number of nitrogens with zero attached hydrogens (tertiary/aromatic N) is 1. The molecule has 1 aliphatic rings. The van der Waals surface area contributed by atoms with Crippen LogP contribution >= 0.6 is 11.3 Å². The van der Waals surface area contributed by atoms with Gasteiger partial charge in [-0.1, -0.05) is 49.1 Å². The number of aryl methyl sites for hydroxylation is 1. The van der Waals surface area contributed by atoms with E-state index in [-0.39, 0.29) is 5.91 Å². The fourth-order valence-corrected chi connectivity index (χ4v) is 4.86. The van der Waals surface area contributed by atoms with Crippen molar-refractivity contribution in [2.45, 2.75) is 45.1 Å². The third kappa shape index (κ3) is 3.28. The van der Waals surface area contributed by atoms with Gasteiger partial charge in [-0.3, -0.25) is 4.79 Å². The van der Waals surface area contributed by atoms with Crippen LogP contribution in [0, 0.1) is 6.92 Å². The highest BCUT2D eigenvalue weighted by Crippen LogP contribution is 2.34. The average Bonchev–Trinajstić information content (AvgIpc) is 3.16. The Bertz CT molecular complexity index is 919. The number of thiophene rings is 1. The van der Waals surface area contributed by atoms with Crippen molar-refractivity contribution in [3.05, 3.63) is 59.0 Å². The number of amides is 1. The molecule has 0 radical (unpaired) electrons. The van der Waals surface area contributed by atoms with Crippen LogP contribution in [0.4, 0.5) is 0 Å². The summed E-state index contributed by atoms with van der Waals surface area (Å²) in [5.74, 6) is 0.153. The molecule has 0 atom stereocenters. The van der Waals surface area contributed by atoms with E-state index in [1.54, 1.807) is 11.3 Å². The Morgan fingerprint density at radius 3 is 2.50 bits per heavy atom. The molecule has 3 heteroatoms. The molecule has 0 spiro atoms. The SMILES string of the molecule is Cc1ccc(-c2cc(C(=O)N(C)C3CCCCC3)cc3sccc23)cc1. The van der Waals surface area contributed by atoms with Gasteiger partial charge in [-0.15, -0.1) is 11.3 Å². The zero-order valence-corrected chi connectivity index (χ0v) is 16.3. The number of fused-ring (bicyclic) bond motifs is 1. The summed E-state index contributed by atoms with van der Waals surface area (Å²) in [5, 5.41) is 3.34. The van der Waals surface area contributed by atoms with Crippen LogP contribution in [-0.4, -0.2) is 23.9 Å². The minimum Gasteiger partial charge on any atom is -0.339 e. The first-order valence-corrected chi connectivity index (χ1v) is 10.4. The summed E-state index contributed by atoms with van der Waals surface area (Å²) < 4.78 is 1.18. The molecule has 1 amide bonds. The smallest absolute Gasteiger partial charge is 0.253 e. The highest BCUT2D eigenvalue weighted by molar-refractivity contribution is 7.17. The third-order valence-corrected chi connectivity index (χ3v) is 6.49. The molecule has 0 unspecified atom stereocenters. The molecule has 0 N–H and O–H groups in total. The third-order valence-electron chi connectivity index (χ3n) is 5.62. The van der Waals surface area contributed by atoms with Crippen molar-refractivity contribution in [3.8, 4) is 11.1 Å². The second kappa shape index (κ2) is 7.24. The monoisotopic (exact) mass is 363 g/mol. The van der Waals surface area contributed by atoms with Crippen LogP contribution in [0.3, 0.4) is 0 Å². The number of carbonyl (C=O) groups is 1. The Morgan fingerprint density at radius 2 is 1.77 bits per heavy atom. The van der Waals surface area contributed by atoms with E-state index in [0.29, 0.717) is 6.04 Å². The first-order chi connectivity index (χ1) is 12.6. The first-order valence-electron chi connectivity index (χ1n) is 9.49. The molecule has 1 saturated carbocycles. The minimum atomic E-state index is 0.153. The molecule has 26 heavy (non-hydrogen) atoms. The van der Waals surface area contributed by atoms with E-state index in [0.717, 1.165) is 24.0 Å². The van der Waals surface area contributed by atoms with Gasteiger partial charge in [-0.25, -0.2) is 0 Å². The molecule has 1 aliphatic carbocycles. The normalized spacial score (nSPS) is 15.3. The summed E-state index contributed by atoms with van der Waals surface area (Å²) in [7, 11) is 1.97.